The Bertz CT molecular complexity index is 922. The maximum atomic E-state index is 12.2. The molecule has 1 aromatic heterocycles. The van der Waals surface area contributed by atoms with Crippen LogP contribution >= 0.6 is 11.3 Å². The third-order valence-electron chi connectivity index (χ3n) is 5.27. The zero-order valence-corrected chi connectivity index (χ0v) is 20.8. The zero-order valence-electron chi connectivity index (χ0n) is 20.0. The summed E-state index contributed by atoms with van der Waals surface area (Å²) in [5, 5.41) is 21.2. The Balaban J connectivity index is 0.000000604. The molecule has 2 heterocycles. The van der Waals surface area contributed by atoms with E-state index in [1.54, 1.807) is 11.3 Å². The summed E-state index contributed by atoms with van der Waals surface area (Å²) in [5.41, 5.74) is 2.55. The number of aromatic nitrogens is 1. The average molecular weight is 491 g/mol. The Hall–Kier alpha value is -2.82. The third-order valence-corrected chi connectivity index (χ3v) is 6.11. The molecule has 1 amide bonds. The van der Waals surface area contributed by atoms with E-state index in [1.807, 2.05) is 18.2 Å². The lowest BCUT2D eigenvalue weighted by Crippen LogP contribution is -2.49. The topological polar surface area (TPSA) is 123 Å². The van der Waals surface area contributed by atoms with E-state index in [4.69, 9.17) is 24.8 Å². The average Bonchev–Trinajstić information content (AvgIpc) is 3.25. The van der Waals surface area contributed by atoms with Gasteiger partial charge in [0.05, 0.1) is 18.8 Å². The maximum Gasteiger partial charge on any atom is 0.414 e. The largest absolute Gasteiger partial charge is 0.473 e. The van der Waals surface area contributed by atoms with Crippen molar-refractivity contribution in [2.24, 2.45) is 0 Å². The molecule has 2 aromatic rings. The van der Waals surface area contributed by atoms with Gasteiger partial charge in [0.1, 0.15) is 5.01 Å². The predicted octanol–water partition coefficient (Wildman–Crippen LogP) is 2.07. The fourth-order valence-corrected chi connectivity index (χ4v) is 4.34. The van der Waals surface area contributed by atoms with Gasteiger partial charge >= 0.3 is 11.9 Å². The number of hydrogen-bond acceptors (Lipinski definition) is 7. The van der Waals surface area contributed by atoms with Gasteiger partial charge in [0.2, 0.25) is 5.91 Å². The third kappa shape index (κ3) is 9.98. The van der Waals surface area contributed by atoms with Crippen LogP contribution < -0.4 is 5.32 Å². The molecule has 0 aliphatic carbocycles. The molecule has 3 rings (SSSR count). The molecule has 9 nitrogen and oxygen atoms in total. The Morgan fingerprint density at radius 1 is 1.00 bits per heavy atom. The van der Waals surface area contributed by atoms with Gasteiger partial charge in [0.15, 0.2) is 0 Å². The monoisotopic (exact) mass is 490 g/mol. The number of nitrogens with zero attached hydrogens (tertiary/aromatic N) is 3. The molecule has 10 heteroatoms. The molecule has 1 aliphatic rings. The van der Waals surface area contributed by atoms with Crippen molar-refractivity contribution < 1.29 is 24.6 Å². The molecule has 0 bridgehead atoms. The lowest BCUT2D eigenvalue weighted by molar-refractivity contribution is -0.159. The molecule has 1 fully saturated rings. The number of carboxylic acids is 2. The molecule has 34 heavy (non-hydrogen) atoms. The number of nitrogens with one attached hydrogen (secondary N) is 1. The standard InChI is InChI=1S/C22H32N4OS.C2H2O4/c1-22(2,3)19-17-28-21(24-19)16-26-13-11-25(12-14-26)15-20(27)23-10-9-18-7-5-4-6-8-18;3-1(4)2(5)6/h4-8,17H,9-16H2,1-3H3,(H,23,27);(H,3,4)(H,5,6). The molecule has 0 saturated carbocycles. The van der Waals surface area contributed by atoms with Crippen LogP contribution in [0, 0.1) is 0 Å². The van der Waals surface area contributed by atoms with Gasteiger partial charge in [-0.25, -0.2) is 14.6 Å². The van der Waals surface area contributed by atoms with Crippen molar-refractivity contribution in [2.45, 2.75) is 39.2 Å². The molecule has 1 saturated heterocycles. The van der Waals surface area contributed by atoms with E-state index in [9.17, 15) is 4.79 Å². The first-order valence-electron chi connectivity index (χ1n) is 11.2. The second-order valence-corrected chi connectivity index (χ2v) is 10.1. The Morgan fingerprint density at radius 2 is 1.59 bits per heavy atom. The van der Waals surface area contributed by atoms with E-state index in [0.29, 0.717) is 13.1 Å². The highest BCUT2D eigenvalue weighted by Crippen LogP contribution is 2.24. The van der Waals surface area contributed by atoms with E-state index < -0.39 is 11.9 Å². The van der Waals surface area contributed by atoms with Gasteiger partial charge in [0.25, 0.3) is 0 Å². The first-order chi connectivity index (χ1) is 16.0. The van der Waals surface area contributed by atoms with Gasteiger partial charge in [-0.2, -0.15) is 0 Å². The minimum Gasteiger partial charge on any atom is -0.473 e. The summed E-state index contributed by atoms with van der Waals surface area (Å²) in [4.78, 5) is 39.9. The molecular weight excluding hydrogens is 456 g/mol. The molecular formula is C24H34N4O5S. The van der Waals surface area contributed by atoms with Crippen LogP contribution in [0.15, 0.2) is 35.7 Å². The van der Waals surface area contributed by atoms with Crippen molar-refractivity contribution in [1.29, 1.82) is 0 Å². The number of carbonyl (C=O) groups is 3. The van der Waals surface area contributed by atoms with Gasteiger partial charge in [0, 0.05) is 43.5 Å². The van der Waals surface area contributed by atoms with Crippen LogP contribution in [0.2, 0.25) is 0 Å². The van der Waals surface area contributed by atoms with Crippen LogP contribution in [0.3, 0.4) is 0 Å². The predicted molar refractivity (Wildman–Crippen MR) is 131 cm³/mol. The first-order valence-corrected chi connectivity index (χ1v) is 12.1. The first kappa shape index (κ1) is 27.4. The molecule has 0 radical (unpaired) electrons. The van der Waals surface area contributed by atoms with Crippen molar-refractivity contribution in [3.05, 3.63) is 52.0 Å². The normalized spacial score (nSPS) is 14.7. The number of thiazole rings is 1. The van der Waals surface area contributed by atoms with Gasteiger partial charge in [-0.1, -0.05) is 51.1 Å². The molecule has 3 N–H and O–H groups in total. The number of carboxylic acid groups (broad SMARTS) is 2. The van der Waals surface area contributed by atoms with Crippen molar-refractivity contribution in [2.75, 3.05) is 39.3 Å². The van der Waals surface area contributed by atoms with Gasteiger partial charge < -0.3 is 15.5 Å². The summed E-state index contributed by atoms with van der Waals surface area (Å²) in [6.07, 6.45) is 0.880. The highest BCUT2D eigenvalue weighted by molar-refractivity contribution is 7.09. The summed E-state index contributed by atoms with van der Waals surface area (Å²) < 4.78 is 0. The fourth-order valence-electron chi connectivity index (χ4n) is 3.27. The summed E-state index contributed by atoms with van der Waals surface area (Å²) in [6.45, 7) is 12.6. The number of hydrogen-bond donors (Lipinski definition) is 3. The van der Waals surface area contributed by atoms with Crippen LogP contribution in [-0.4, -0.2) is 82.1 Å². The van der Waals surface area contributed by atoms with Gasteiger partial charge in [-0.15, -0.1) is 11.3 Å². The van der Waals surface area contributed by atoms with Gasteiger partial charge in [-0.05, 0) is 12.0 Å². The lowest BCUT2D eigenvalue weighted by atomic mass is 9.93. The summed E-state index contributed by atoms with van der Waals surface area (Å²) >= 11 is 1.76. The second kappa shape index (κ2) is 13.2. The molecule has 1 aliphatic heterocycles. The number of aliphatic carboxylic acids is 2. The lowest BCUT2D eigenvalue weighted by Gasteiger charge is -2.33. The number of amides is 1. The molecule has 0 atom stereocenters. The number of carbonyl (C=O) groups excluding carboxylic acids is 1. The van der Waals surface area contributed by atoms with E-state index >= 15 is 0 Å². The van der Waals surface area contributed by atoms with E-state index in [0.717, 1.165) is 39.1 Å². The smallest absolute Gasteiger partial charge is 0.414 e. The van der Waals surface area contributed by atoms with E-state index in [2.05, 4.69) is 53.4 Å². The fraction of sp³-hybridized carbons (Fsp3) is 0.500. The Labute approximate surface area is 204 Å². The van der Waals surface area contributed by atoms with Crippen molar-refractivity contribution in [1.82, 2.24) is 20.1 Å². The SMILES string of the molecule is CC(C)(C)c1csc(CN2CCN(CC(=O)NCCc3ccccc3)CC2)n1.O=C(O)C(=O)O. The van der Waals surface area contributed by atoms with E-state index in [1.165, 1.54) is 16.3 Å². The number of rotatable bonds is 7. The molecule has 0 spiro atoms. The maximum absolute atomic E-state index is 12.2. The number of piperazine rings is 1. The van der Waals surface area contributed by atoms with Crippen LogP contribution in [0.25, 0.3) is 0 Å². The zero-order chi connectivity index (χ0) is 25.1. The Kier molecular flexibility index (Phi) is 10.6. The molecule has 186 valence electrons. The molecule has 0 unspecified atom stereocenters. The second-order valence-electron chi connectivity index (χ2n) is 9.12. The summed E-state index contributed by atoms with van der Waals surface area (Å²) in [5.74, 6) is -3.52. The minimum absolute atomic E-state index is 0.112. The van der Waals surface area contributed by atoms with Crippen molar-refractivity contribution in [3.63, 3.8) is 0 Å². The van der Waals surface area contributed by atoms with Crippen LogP contribution in [0.1, 0.15) is 37.0 Å². The van der Waals surface area contributed by atoms with Crippen LogP contribution in [0.5, 0.6) is 0 Å². The van der Waals surface area contributed by atoms with E-state index in [-0.39, 0.29) is 11.3 Å². The minimum atomic E-state index is -1.82. The highest BCUT2D eigenvalue weighted by atomic mass is 32.1. The van der Waals surface area contributed by atoms with Crippen LogP contribution in [0.4, 0.5) is 0 Å². The van der Waals surface area contributed by atoms with Crippen molar-refractivity contribution in [3.8, 4) is 0 Å². The molecule has 1 aromatic carbocycles. The Morgan fingerprint density at radius 3 is 2.12 bits per heavy atom. The summed E-state index contributed by atoms with van der Waals surface area (Å²) in [6, 6.07) is 10.3. The van der Waals surface area contributed by atoms with Gasteiger partial charge in [-0.3, -0.25) is 14.6 Å². The van der Waals surface area contributed by atoms with Crippen molar-refractivity contribution >= 4 is 29.2 Å². The van der Waals surface area contributed by atoms with Crippen LogP contribution in [-0.2, 0) is 32.8 Å². The quantitative estimate of drug-likeness (QED) is 0.504. The number of benzene rings is 1. The highest BCUT2D eigenvalue weighted by Gasteiger charge is 2.21. The summed E-state index contributed by atoms with van der Waals surface area (Å²) in [7, 11) is 0.